The second-order valence-corrected chi connectivity index (χ2v) is 7.11. The Kier molecular flexibility index (Phi) is 5.68. The Morgan fingerprint density at radius 3 is 2.36 bits per heavy atom. The number of benzene rings is 1. The lowest BCUT2D eigenvalue weighted by molar-refractivity contribution is -0.119. The predicted molar refractivity (Wildman–Crippen MR) is 107 cm³/mol. The van der Waals surface area contributed by atoms with Gasteiger partial charge in [0.25, 0.3) is 0 Å². The molecule has 0 unspecified atom stereocenters. The lowest BCUT2D eigenvalue weighted by atomic mass is 10.1. The largest absolute Gasteiger partial charge is 0.352 e. The molecule has 1 aliphatic rings. The molecule has 1 fully saturated rings. The average Bonchev–Trinajstić information content (AvgIpc) is 3.14. The van der Waals surface area contributed by atoms with Crippen LogP contribution in [0.15, 0.2) is 67.3 Å². The molecule has 1 aromatic carbocycles. The second-order valence-electron chi connectivity index (χ2n) is 7.11. The van der Waals surface area contributed by atoms with Crippen LogP contribution in [0.2, 0.25) is 0 Å². The number of amides is 1. The highest BCUT2D eigenvalue weighted by atomic mass is 16.1. The van der Waals surface area contributed by atoms with Crippen molar-refractivity contribution in [3.05, 3.63) is 78.4 Å². The van der Waals surface area contributed by atoms with Crippen LogP contribution in [0, 0.1) is 0 Å². The van der Waals surface area contributed by atoms with Crippen LogP contribution in [-0.4, -0.2) is 38.3 Å². The Morgan fingerprint density at radius 1 is 0.964 bits per heavy atom. The first-order valence-electron chi connectivity index (χ1n) is 9.53. The number of carbonyl (C=O) groups is 1. The van der Waals surface area contributed by atoms with E-state index < -0.39 is 0 Å². The predicted octanol–water partition coefficient (Wildman–Crippen LogP) is 2.82. The highest BCUT2D eigenvalue weighted by Gasteiger charge is 2.23. The molecule has 6 heteroatoms. The van der Waals surface area contributed by atoms with Crippen molar-refractivity contribution < 1.29 is 4.79 Å². The van der Waals surface area contributed by atoms with Gasteiger partial charge in [-0.25, -0.2) is 9.97 Å². The van der Waals surface area contributed by atoms with Crippen molar-refractivity contribution in [2.75, 3.05) is 6.54 Å². The molecular weight excluding hydrogens is 350 g/mol. The summed E-state index contributed by atoms with van der Waals surface area (Å²) in [6.45, 7) is 2.31. The van der Waals surface area contributed by atoms with Crippen LogP contribution in [0.1, 0.15) is 24.0 Å². The number of hydrogen-bond acceptors (Lipinski definition) is 5. The molecule has 1 aliphatic heterocycles. The third kappa shape index (κ3) is 4.78. The highest BCUT2D eigenvalue weighted by molar-refractivity contribution is 5.78. The van der Waals surface area contributed by atoms with Gasteiger partial charge in [0.15, 0.2) is 5.82 Å². The Bertz CT molecular complexity index is 899. The molecule has 0 saturated carbocycles. The zero-order valence-electron chi connectivity index (χ0n) is 15.7. The van der Waals surface area contributed by atoms with E-state index in [2.05, 4.69) is 25.2 Å². The molecule has 142 valence electrons. The number of rotatable bonds is 7. The molecule has 4 rings (SSSR count). The Balaban J connectivity index is 1.47. The zero-order valence-corrected chi connectivity index (χ0v) is 15.7. The minimum absolute atomic E-state index is 0.143. The maximum atomic E-state index is 11.6. The fourth-order valence-electron chi connectivity index (χ4n) is 3.49. The van der Waals surface area contributed by atoms with Crippen LogP contribution in [0.3, 0.4) is 0 Å². The van der Waals surface area contributed by atoms with Gasteiger partial charge in [-0.2, -0.15) is 0 Å². The van der Waals surface area contributed by atoms with E-state index in [1.807, 2.05) is 67.3 Å². The Morgan fingerprint density at radius 2 is 1.68 bits per heavy atom. The first-order chi connectivity index (χ1) is 13.8. The normalized spacial score (nSPS) is 16.3. The fraction of sp³-hybridized carbons (Fsp3) is 0.273. The molecule has 28 heavy (non-hydrogen) atoms. The van der Waals surface area contributed by atoms with Crippen molar-refractivity contribution in [1.29, 1.82) is 0 Å². The van der Waals surface area contributed by atoms with Crippen molar-refractivity contribution in [1.82, 2.24) is 25.2 Å². The van der Waals surface area contributed by atoms with Crippen LogP contribution >= 0.6 is 0 Å². The van der Waals surface area contributed by atoms with E-state index in [4.69, 9.17) is 0 Å². The van der Waals surface area contributed by atoms with Gasteiger partial charge < -0.3 is 5.32 Å². The number of pyridine rings is 1. The fourth-order valence-corrected chi connectivity index (χ4v) is 3.49. The third-order valence-corrected chi connectivity index (χ3v) is 4.86. The molecule has 0 radical (unpaired) electrons. The summed E-state index contributed by atoms with van der Waals surface area (Å²) in [6.07, 6.45) is 8.90. The monoisotopic (exact) mass is 373 g/mol. The van der Waals surface area contributed by atoms with E-state index >= 15 is 0 Å². The molecule has 2 aromatic heterocycles. The first-order valence-corrected chi connectivity index (χ1v) is 9.53. The van der Waals surface area contributed by atoms with Crippen LogP contribution in [0.4, 0.5) is 0 Å². The maximum Gasteiger partial charge on any atom is 0.220 e. The summed E-state index contributed by atoms with van der Waals surface area (Å²) in [5.74, 6) is 0.873. The minimum Gasteiger partial charge on any atom is -0.352 e. The summed E-state index contributed by atoms with van der Waals surface area (Å²) in [6, 6.07) is 14.2. The van der Waals surface area contributed by atoms with E-state index in [0.717, 1.165) is 43.0 Å². The standard InChI is InChI=1S/C22H23N5O/c28-21-7-6-20(26-21)16-27(14-17-8-10-23-11-9-17)15-18-12-24-22(25-13-18)19-4-2-1-3-5-19/h1-5,8-13,20H,6-7,14-16H2,(H,26,28)/t20-/m0/s1. The summed E-state index contributed by atoms with van der Waals surface area (Å²) < 4.78 is 0. The summed E-state index contributed by atoms with van der Waals surface area (Å²) in [4.78, 5) is 27.1. The lowest BCUT2D eigenvalue weighted by Crippen LogP contribution is -2.38. The summed E-state index contributed by atoms with van der Waals surface area (Å²) >= 11 is 0. The topological polar surface area (TPSA) is 71.0 Å². The second kappa shape index (κ2) is 8.71. The summed E-state index contributed by atoms with van der Waals surface area (Å²) in [7, 11) is 0. The highest BCUT2D eigenvalue weighted by Crippen LogP contribution is 2.16. The molecule has 3 aromatic rings. The van der Waals surface area contributed by atoms with Gasteiger partial charge in [0.05, 0.1) is 0 Å². The first kappa shape index (κ1) is 18.3. The van der Waals surface area contributed by atoms with E-state index in [-0.39, 0.29) is 11.9 Å². The van der Waals surface area contributed by atoms with Gasteiger partial charge in [0, 0.05) is 68.0 Å². The lowest BCUT2D eigenvalue weighted by Gasteiger charge is -2.25. The van der Waals surface area contributed by atoms with Crippen LogP contribution in [0.5, 0.6) is 0 Å². The number of nitrogens with zero attached hydrogens (tertiary/aromatic N) is 4. The van der Waals surface area contributed by atoms with Crippen LogP contribution in [-0.2, 0) is 17.9 Å². The quantitative estimate of drug-likeness (QED) is 0.690. The number of hydrogen-bond donors (Lipinski definition) is 1. The molecule has 6 nitrogen and oxygen atoms in total. The van der Waals surface area contributed by atoms with E-state index in [1.54, 1.807) is 0 Å². The van der Waals surface area contributed by atoms with Gasteiger partial charge in [-0.05, 0) is 24.1 Å². The van der Waals surface area contributed by atoms with E-state index in [9.17, 15) is 4.79 Å². The minimum atomic E-state index is 0.143. The molecule has 1 amide bonds. The molecule has 0 bridgehead atoms. The third-order valence-electron chi connectivity index (χ3n) is 4.86. The van der Waals surface area contributed by atoms with Gasteiger partial charge in [0.1, 0.15) is 0 Å². The van der Waals surface area contributed by atoms with Crippen molar-refractivity contribution in [3.63, 3.8) is 0 Å². The molecule has 1 N–H and O–H groups in total. The summed E-state index contributed by atoms with van der Waals surface area (Å²) in [5.41, 5.74) is 3.26. The number of aromatic nitrogens is 3. The van der Waals surface area contributed by atoms with Gasteiger partial charge in [-0.15, -0.1) is 0 Å². The van der Waals surface area contributed by atoms with Gasteiger partial charge in [-0.3, -0.25) is 14.7 Å². The van der Waals surface area contributed by atoms with Crippen molar-refractivity contribution in [3.8, 4) is 11.4 Å². The maximum absolute atomic E-state index is 11.6. The van der Waals surface area contributed by atoms with Crippen molar-refractivity contribution in [2.45, 2.75) is 32.0 Å². The number of carbonyl (C=O) groups excluding carboxylic acids is 1. The molecule has 1 saturated heterocycles. The Labute approximate surface area is 164 Å². The van der Waals surface area contributed by atoms with Crippen LogP contribution in [0.25, 0.3) is 11.4 Å². The summed E-state index contributed by atoms with van der Waals surface area (Å²) in [5, 5.41) is 3.06. The van der Waals surface area contributed by atoms with E-state index in [0.29, 0.717) is 6.42 Å². The van der Waals surface area contributed by atoms with Crippen molar-refractivity contribution >= 4 is 5.91 Å². The zero-order chi connectivity index (χ0) is 19.2. The molecule has 0 aliphatic carbocycles. The van der Waals surface area contributed by atoms with Crippen LogP contribution < -0.4 is 5.32 Å². The molecule has 0 spiro atoms. The number of nitrogens with one attached hydrogen (secondary N) is 1. The molecular formula is C22H23N5O. The molecule has 1 atom stereocenters. The SMILES string of the molecule is O=C1CC[C@@H](CN(Cc2ccncc2)Cc2cnc(-c3ccccc3)nc2)N1. The molecule has 3 heterocycles. The average molecular weight is 373 g/mol. The Hall–Kier alpha value is -3.12. The van der Waals surface area contributed by atoms with Gasteiger partial charge >= 0.3 is 0 Å². The smallest absolute Gasteiger partial charge is 0.220 e. The van der Waals surface area contributed by atoms with E-state index in [1.165, 1.54) is 5.56 Å². The van der Waals surface area contributed by atoms with Gasteiger partial charge in [-0.1, -0.05) is 30.3 Å². The van der Waals surface area contributed by atoms with Gasteiger partial charge in [0.2, 0.25) is 5.91 Å². The van der Waals surface area contributed by atoms with Crippen molar-refractivity contribution in [2.24, 2.45) is 0 Å².